The Morgan fingerprint density at radius 3 is 2.37 bits per heavy atom. The largest absolute Gasteiger partial charge is 0.380 e. The zero-order valence-electron chi connectivity index (χ0n) is 11.8. The summed E-state index contributed by atoms with van der Waals surface area (Å²) in [4.78, 5) is 28.3. The van der Waals surface area contributed by atoms with Crippen LogP contribution in [0.15, 0.2) is 21.9 Å². The predicted octanol–water partition coefficient (Wildman–Crippen LogP) is 0.843. The van der Waals surface area contributed by atoms with Crippen LogP contribution in [0.3, 0.4) is 0 Å². The van der Waals surface area contributed by atoms with Gasteiger partial charge in [0, 0.05) is 25.8 Å². The Kier molecular flexibility index (Phi) is 2.96. The number of anilines is 1. The molecule has 1 N–H and O–H groups in total. The first kappa shape index (κ1) is 13.3. The minimum atomic E-state index is -0.377. The average Bonchev–Trinajstić information content (AvgIpc) is 2.31. The van der Waals surface area contributed by atoms with Crippen LogP contribution in [0.4, 0.5) is 5.69 Å². The van der Waals surface area contributed by atoms with Crippen LogP contribution in [0.25, 0.3) is 11.0 Å². The fraction of sp³-hybridized carbons (Fsp3) is 0.462. The molecule has 19 heavy (non-hydrogen) atoms. The fourth-order valence-electron chi connectivity index (χ4n) is 1.99. The molecule has 0 aliphatic rings. The van der Waals surface area contributed by atoms with Crippen molar-refractivity contribution in [3.63, 3.8) is 0 Å². The number of fused-ring (bicyclic) bond motifs is 1. The van der Waals surface area contributed by atoms with E-state index >= 15 is 0 Å². The van der Waals surface area contributed by atoms with Gasteiger partial charge in [0.2, 0.25) is 0 Å². The van der Waals surface area contributed by atoms with Gasteiger partial charge < -0.3 is 5.32 Å². The molecule has 2 aromatic rings. The van der Waals surface area contributed by atoms with Crippen molar-refractivity contribution >= 4 is 16.7 Å². The minimum absolute atomic E-state index is 0.187. The van der Waals surface area contributed by atoms with Crippen molar-refractivity contribution in [1.29, 1.82) is 0 Å². The van der Waals surface area contributed by atoms with Crippen LogP contribution in [0.2, 0.25) is 0 Å². The van der Waals surface area contributed by atoms with Gasteiger partial charge >= 0.3 is 5.69 Å². The lowest BCUT2D eigenvalue weighted by Gasteiger charge is -2.23. The Bertz CT molecular complexity index is 750. The molecule has 0 atom stereocenters. The molecule has 102 valence electrons. The molecule has 6 heteroatoms. The Morgan fingerprint density at radius 2 is 1.79 bits per heavy atom. The van der Waals surface area contributed by atoms with Crippen LogP contribution in [0.1, 0.15) is 20.8 Å². The van der Waals surface area contributed by atoms with Crippen molar-refractivity contribution in [1.82, 2.24) is 14.1 Å². The lowest BCUT2D eigenvalue weighted by atomic mass is 10.1. The quantitative estimate of drug-likeness (QED) is 0.827. The van der Waals surface area contributed by atoms with E-state index in [0.29, 0.717) is 16.7 Å². The van der Waals surface area contributed by atoms with E-state index in [2.05, 4.69) is 10.3 Å². The molecule has 2 heterocycles. The van der Waals surface area contributed by atoms with Gasteiger partial charge in [0.05, 0.1) is 5.69 Å². The molecule has 0 saturated heterocycles. The first-order valence-corrected chi connectivity index (χ1v) is 6.05. The topological polar surface area (TPSA) is 68.9 Å². The SMILES string of the molecule is Cn1c(=O)c2c(NC(C)(C)C)ccnc2n(C)c1=O. The summed E-state index contributed by atoms with van der Waals surface area (Å²) in [6.45, 7) is 6.02. The summed E-state index contributed by atoms with van der Waals surface area (Å²) in [6, 6.07) is 1.75. The number of pyridine rings is 1. The number of hydrogen-bond acceptors (Lipinski definition) is 4. The molecule has 0 bridgehead atoms. The second-order valence-corrected chi connectivity index (χ2v) is 5.64. The highest BCUT2D eigenvalue weighted by Crippen LogP contribution is 2.20. The first-order chi connectivity index (χ1) is 8.72. The summed E-state index contributed by atoms with van der Waals surface area (Å²) in [7, 11) is 3.08. The molecule has 0 spiro atoms. The van der Waals surface area contributed by atoms with E-state index < -0.39 is 0 Å². The second-order valence-electron chi connectivity index (χ2n) is 5.64. The second kappa shape index (κ2) is 4.22. The lowest BCUT2D eigenvalue weighted by molar-refractivity contribution is 0.634. The van der Waals surface area contributed by atoms with Gasteiger partial charge in [-0.2, -0.15) is 0 Å². The molecule has 2 rings (SSSR count). The van der Waals surface area contributed by atoms with Gasteiger partial charge in [-0.1, -0.05) is 0 Å². The van der Waals surface area contributed by atoms with E-state index in [0.717, 1.165) is 4.57 Å². The molecular weight excluding hydrogens is 244 g/mol. The van der Waals surface area contributed by atoms with Crippen LogP contribution in [0, 0.1) is 0 Å². The highest BCUT2D eigenvalue weighted by Gasteiger charge is 2.16. The first-order valence-electron chi connectivity index (χ1n) is 6.05. The molecule has 0 fully saturated rings. The Hall–Kier alpha value is -2.11. The van der Waals surface area contributed by atoms with Crippen LogP contribution in [0.5, 0.6) is 0 Å². The summed E-state index contributed by atoms with van der Waals surface area (Å²) >= 11 is 0. The van der Waals surface area contributed by atoms with Crippen LogP contribution >= 0.6 is 0 Å². The number of aromatic nitrogens is 3. The Morgan fingerprint density at radius 1 is 1.16 bits per heavy atom. The summed E-state index contributed by atoms with van der Waals surface area (Å²) in [5, 5.41) is 3.70. The molecule has 0 aromatic carbocycles. The van der Waals surface area contributed by atoms with Crippen LogP contribution in [-0.2, 0) is 14.1 Å². The van der Waals surface area contributed by atoms with Crippen molar-refractivity contribution in [2.45, 2.75) is 26.3 Å². The molecule has 0 aliphatic heterocycles. The maximum atomic E-state index is 12.3. The third kappa shape index (κ3) is 2.25. The normalized spacial score (nSPS) is 11.8. The maximum Gasteiger partial charge on any atom is 0.332 e. The number of aryl methyl sites for hydroxylation is 1. The van der Waals surface area contributed by atoms with E-state index in [1.807, 2.05) is 20.8 Å². The third-order valence-corrected chi connectivity index (χ3v) is 2.85. The van der Waals surface area contributed by atoms with Gasteiger partial charge in [-0.25, -0.2) is 9.78 Å². The van der Waals surface area contributed by atoms with Crippen LogP contribution in [-0.4, -0.2) is 19.7 Å². The van der Waals surface area contributed by atoms with Gasteiger partial charge in [0.1, 0.15) is 5.39 Å². The summed E-state index contributed by atoms with van der Waals surface area (Å²) in [5.74, 6) is 0. The van der Waals surface area contributed by atoms with Crippen molar-refractivity contribution in [2.24, 2.45) is 14.1 Å². The smallest absolute Gasteiger partial charge is 0.332 e. The van der Waals surface area contributed by atoms with E-state index in [-0.39, 0.29) is 16.8 Å². The molecule has 0 saturated carbocycles. The molecule has 6 nitrogen and oxygen atoms in total. The zero-order valence-corrected chi connectivity index (χ0v) is 11.8. The van der Waals surface area contributed by atoms with Gasteiger partial charge in [-0.15, -0.1) is 0 Å². The monoisotopic (exact) mass is 262 g/mol. The minimum Gasteiger partial charge on any atom is -0.380 e. The Labute approximate surface area is 110 Å². The molecule has 0 unspecified atom stereocenters. The predicted molar refractivity (Wildman–Crippen MR) is 75.6 cm³/mol. The number of rotatable bonds is 1. The maximum absolute atomic E-state index is 12.3. The van der Waals surface area contributed by atoms with E-state index in [1.54, 1.807) is 19.3 Å². The third-order valence-electron chi connectivity index (χ3n) is 2.85. The molecule has 0 aliphatic carbocycles. The number of nitrogens with zero attached hydrogens (tertiary/aromatic N) is 3. The summed E-state index contributed by atoms with van der Waals surface area (Å²) < 4.78 is 2.47. The van der Waals surface area contributed by atoms with E-state index in [4.69, 9.17) is 0 Å². The molecule has 0 radical (unpaired) electrons. The van der Waals surface area contributed by atoms with Crippen molar-refractivity contribution in [3.8, 4) is 0 Å². The molecule has 0 amide bonds. The summed E-state index contributed by atoms with van der Waals surface area (Å²) in [5.41, 5.74) is 0.181. The van der Waals surface area contributed by atoms with Crippen molar-refractivity contribution in [3.05, 3.63) is 33.1 Å². The van der Waals surface area contributed by atoms with Crippen molar-refractivity contribution in [2.75, 3.05) is 5.32 Å². The zero-order chi connectivity index (χ0) is 14.4. The van der Waals surface area contributed by atoms with Gasteiger partial charge in [0.15, 0.2) is 5.65 Å². The van der Waals surface area contributed by atoms with Crippen molar-refractivity contribution < 1.29 is 0 Å². The van der Waals surface area contributed by atoms with Gasteiger partial charge in [0.25, 0.3) is 5.56 Å². The lowest BCUT2D eigenvalue weighted by Crippen LogP contribution is -2.38. The van der Waals surface area contributed by atoms with E-state index in [9.17, 15) is 9.59 Å². The summed E-state index contributed by atoms with van der Waals surface area (Å²) in [6.07, 6.45) is 1.59. The fourth-order valence-corrected chi connectivity index (χ4v) is 1.99. The van der Waals surface area contributed by atoms with Gasteiger partial charge in [-0.05, 0) is 26.8 Å². The number of hydrogen-bond donors (Lipinski definition) is 1. The highest BCUT2D eigenvalue weighted by molar-refractivity contribution is 5.88. The van der Waals surface area contributed by atoms with Gasteiger partial charge in [-0.3, -0.25) is 13.9 Å². The highest BCUT2D eigenvalue weighted by atomic mass is 16.2. The number of nitrogens with one attached hydrogen (secondary N) is 1. The molecular formula is C13H18N4O2. The Balaban J connectivity index is 2.90. The average molecular weight is 262 g/mol. The van der Waals surface area contributed by atoms with Crippen LogP contribution < -0.4 is 16.6 Å². The van der Waals surface area contributed by atoms with E-state index in [1.165, 1.54) is 11.6 Å². The standard InChI is InChI=1S/C13H18N4O2/c1-13(2,3)15-8-6-7-14-10-9(8)11(18)17(5)12(19)16(10)4/h6-7H,1-5H3,(H,14,15). The molecule has 2 aromatic heterocycles.